The number of amides is 1. The summed E-state index contributed by atoms with van der Waals surface area (Å²) in [6.45, 7) is 6.98. The number of hydrogen-bond donors (Lipinski definition) is 1. The molecule has 0 spiro atoms. The first kappa shape index (κ1) is 10.5. The fraction of sp³-hybridized carbons (Fsp3) is 0.900. The van der Waals surface area contributed by atoms with Crippen LogP contribution < -0.4 is 5.32 Å². The van der Waals surface area contributed by atoms with Crippen LogP contribution in [-0.4, -0.2) is 18.1 Å². The van der Waals surface area contributed by atoms with Crippen LogP contribution in [0.25, 0.3) is 0 Å². The van der Waals surface area contributed by atoms with Crippen LogP contribution in [0.1, 0.15) is 34.1 Å². The number of carbonyl (C=O) groups is 1. The molecule has 76 valence electrons. The number of rotatable bonds is 3. The lowest BCUT2D eigenvalue weighted by Gasteiger charge is -2.22. The maximum atomic E-state index is 12.4. The monoisotopic (exact) mass is 187 g/mol. The van der Waals surface area contributed by atoms with Crippen molar-refractivity contribution in [2.45, 2.75) is 39.7 Å². The zero-order chi connectivity index (χ0) is 10.3. The summed E-state index contributed by atoms with van der Waals surface area (Å²) in [7, 11) is 0. The van der Waals surface area contributed by atoms with Gasteiger partial charge in [0.25, 0.3) is 0 Å². The van der Waals surface area contributed by atoms with Crippen LogP contribution in [-0.2, 0) is 4.79 Å². The number of nitrogens with one attached hydrogen (secondary N) is 1. The van der Waals surface area contributed by atoms with Crippen molar-refractivity contribution >= 4 is 5.91 Å². The molecule has 1 N–H and O–H groups in total. The van der Waals surface area contributed by atoms with E-state index in [4.69, 9.17) is 0 Å². The van der Waals surface area contributed by atoms with Gasteiger partial charge in [-0.05, 0) is 25.7 Å². The van der Waals surface area contributed by atoms with Crippen molar-refractivity contribution in [2.24, 2.45) is 11.3 Å². The Morgan fingerprint density at radius 2 is 2.08 bits per heavy atom. The summed E-state index contributed by atoms with van der Waals surface area (Å²) in [6, 6.07) is 0. The van der Waals surface area contributed by atoms with Crippen LogP contribution in [0.15, 0.2) is 0 Å². The number of halogens is 1. The Hall–Kier alpha value is -0.600. The van der Waals surface area contributed by atoms with E-state index in [1.165, 1.54) is 0 Å². The summed E-state index contributed by atoms with van der Waals surface area (Å²) >= 11 is 0. The Morgan fingerprint density at radius 1 is 1.62 bits per heavy atom. The second kappa shape index (κ2) is 2.96. The van der Waals surface area contributed by atoms with Crippen molar-refractivity contribution in [3.63, 3.8) is 0 Å². The molecule has 1 fully saturated rings. The maximum absolute atomic E-state index is 12.4. The predicted molar refractivity (Wildman–Crippen MR) is 50.1 cm³/mol. The molecule has 0 aromatic carbocycles. The van der Waals surface area contributed by atoms with Gasteiger partial charge in [-0.15, -0.1) is 0 Å². The molecule has 1 atom stereocenters. The molecule has 3 heteroatoms. The third-order valence-electron chi connectivity index (χ3n) is 2.63. The average molecular weight is 187 g/mol. The van der Waals surface area contributed by atoms with Gasteiger partial charge in [-0.1, -0.05) is 13.8 Å². The molecule has 0 heterocycles. The maximum Gasteiger partial charge on any atom is 0.224 e. The van der Waals surface area contributed by atoms with Crippen LogP contribution in [0, 0.1) is 11.3 Å². The molecule has 0 aliphatic heterocycles. The molecular weight excluding hydrogens is 169 g/mol. The van der Waals surface area contributed by atoms with Crippen LogP contribution in [0.3, 0.4) is 0 Å². The first-order valence-electron chi connectivity index (χ1n) is 4.66. The van der Waals surface area contributed by atoms with Gasteiger partial charge in [-0.25, -0.2) is 4.39 Å². The van der Waals surface area contributed by atoms with E-state index in [2.05, 4.69) is 19.2 Å². The molecular formula is C10H18FNO. The quantitative estimate of drug-likeness (QED) is 0.718. The van der Waals surface area contributed by atoms with Crippen molar-refractivity contribution in [3.8, 4) is 0 Å². The van der Waals surface area contributed by atoms with Gasteiger partial charge in [0, 0.05) is 5.92 Å². The van der Waals surface area contributed by atoms with Crippen LogP contribution in [0.2, 0.25) is 0 Å². The Kier molecular flexibility index (Phi) is 2.39. The zero-order valence-electron chi connectivity index (χ0n) is 8.78. The standard InChI is InChI=1S/C10H18FNO/c1-9(2)5-7(9)8(13)12-10(3,4)6-11/h7H,5-6H2,1-4H3,(H,12,13). The van der Waals surface area contributed by atoms with E-state index >= 15 is 0 Å². The summed E-state index contributed by atoms with van der Waals surface area (Å²) in [5.41, 5.74) is -0.591. The largest absolute Gasteiger partial charge is 0.348 e. The minimum atomic E-state index is -0.713. The lowest BCUT2D eigenvalue weighted by atomic mass is 10.1. The van der Waals surface area contributed by atoms with Gasteiger partial charge in [0.15, 0.2) is 0 Å². The highest BCUT2D eigenvalue weighted by atomic mass is 19.1. The lowest BCUT2D eigenvalue weighted by Crippen LogP contribution is -2.46. The Bertz CT molecular complexity index is 223. The van der Waals surface area contributed by atoms with Crippen molar-refractivity contribution in [1.29, 1.82) is 0 Å². The van der Waals surface area contributed by atoms with E-state index in [0.717, 1.165) is 6.42 Å². The molecule has 13 heavy (non-hydrogen) atoms. The topological polar surface area (TPSA) is 29.1 Å². The number of carbonyl (C=O) groups excluding carboxylic acids is 1. The number of hydrogen-bond acceptors (Lipinski definition) is 1. The number of alkyl halides is 1. The molecule has 0 aromatic rings. The molecule has 0 saturated heterocycles. The van der Waals surface area contributed by atoms with Crippen LogP contribution in [0.5, 0.6) is 0 Å². The molecule has 1 amide bonds. The summed E-state index contributed by atoms with van der Waals surface area (Å²) < 4.78 is 12.4. The fourth-order valence-electron chi connectivity index (χ4n) is 1.37. The van der Waals surface area contributed by atoms with Crippen molar-refractivity contribution in [1.82, 2.24) is 5.32 Å². The third-order valence-corrected chi connectivity index (χ3v) is 2.63. The lowest BCUT2D eigenvalue weighted by molar-refractivity contribution is -0.124. The predicted octanol–water partition coefficient (Wildman–Crippen LogP) is 1.90. The first-order chi connectivity index (χ1) is 5.78. The zero-order valence-corrected chi connectivity index (χ0v) is 8.78. The van der Waals surface area contributed by atoms with Gasteiger partial charge in [-0.3, -0.25) is 4.79 Å². The summed E-state index contributed by atoms with van der Waals surface area (Å²) in [6.07, 6.45) is 0.918. The highest BCUT2D eigenvalue weighted by Crippen LogP contribution is 2.51. The van der Waals surface area contributed by atoms with Crippen LogP contribution in [0.4, 0.5) is 4.39 Å². The second-order valence-electron chi connectivity index (χ2n) is 5.25. The SMILES string of the molecule is CC(C)(CF)NC(=O)C1CC1(C)C. The first-order valence-corrected chi connectivity index (χ1v) is 4.66. The van der Waals surface area contributed by atoms with Gasteiger partial charge >= 0.3 is 0 Å². The highest BCUT2D eigenvalue weighted by molar-refractivity contribution is 5.83. The van der Waals surface area contributed by atoms with Crippen LogP contribution >= 0.6 is 0 Å². The normalized spacial score (nSPS) is 25.5. The molecule has 1 aliphatic rings. The van der Waals surface area contributed by atoms with Crippen molar-refractivity contribution < 1.29 is 9.18 Å². The summed E-state index contributed by atoms with van der Waals surface area (Å²) in [5.74, 6) is 0.0750. The van der Waals surface area contributed by atoms with Gasteiger partial charge in [-0.2, -0.15) is 0 Å². The van der Waals surface area contributed by atoms with Gasteiger partial charge in [0.2, 0.25) is 5.91 Å². The Morgan fingerprint density at radius 3 is 2.38 bits per heavy atom. The molecule has 1 aliphatic carbocycles. The summed E-state index contributed by atoms with van der Waals surface area (Å²) in [5, 5.41) is 2.71. The van der Waals surface area contributed by atoms with E-state index in [0.29, 0.717) is 0 Å². The van der Waals surface area contributed by atoms with E-state index < -0.39 is 12.2 Å². The average Bonchev–Trinajstić information content (AvgIpc) is 2.59. The smallest absolute Gasteiger partial charge is 0.224 e. The Labute approximate surface area is 78.9 Å². The molecule has 0 aromatic heterocycles. The van der Waals surface area contributed by atoms with E-state index in [-0.39, 0.29) is 17.2 Å². The van der Waals surface area contributed by atoms with Gasteiger partial charge in [0.05, 0.1) is 5.54 Å². The fourth-order valence-corrected chi connectivity index (χ4v) is 1.37. The van der Waals surface area contributed by atoms with Gasteiger partial charge < -0.3 is 5.32 Å². The van der Waals surface area contributed by atoms with E-state index in [1.807, 2.05) is 0 Å². The Balaban J connectivity index is 2.44. The van der Waals surface area contributed by atoms with Crippen molar-refractivity contribution in [3.05, 3.63) is 0 Å². The molecule has 0 radical (unpaired) electrons. The molecule has 1 saturated carbocycles. The molecule has 0 bridgehead atoms. The minimum Gasteiger partial charge on any atom is -0.348 e. The van der Waals surface area contributed by atoms with Crippen molar-refractivity contribution in [2.75, 3.05) is 6.67 Å². The van der Waals surface area contributed by atoms with Gasteiger partial charge in [0.1, 0.15) is 6.67 Å². The minimum absolute atomic E-state index is 0.00681. The summed E-state index contributed by atoms with van der Waals surface area (Å²) in [4.78, 5) is 11.5. The molecule has 2 nitrogen and oxygen atoms in total. The van der Waals surface area contributed by atoms with E-state index in [9.17, 15) is 9.18 Å². The highest BCUT2D eigenvalue weighted by Gasteiger charge is 2.51. The molecule has 1 rings (SSSR count). The molecule has 1 unspecified atom stereocenters. The second-order valence-corrected chi connectivity index (χ2v) is 5.25. The third kappa shape index (κ3) is 2.42. The van der Waals surface area contributed by atoms with E-state index in [1.54, 1.807) is 13.8 Å².